The maximum absolute atomic E-state index is 12.3. The van der Waals surface area contributed by atoms with Crippen molar-refractivity contribution in [2.45, 2.75) is 24.5 Å². The topological polar surface area (TPSA) is 80.5 Å². The number of nitrogens with zero attached hydrogens (tertiary/aromatic N) is 3. The third-order valence-electron chi connectivity index (χ3n) is 4.49. The number of carbonyl (C=O) groups excluding carboxylic acids is 1. The Kier molecular flexibility index (Phi) is 3.49. The molecule has 2 aliphatic heterocycles. The number of nitrogens with one attached hydrogen (secondary N) is 1. The molecule has 2 aromatic rings. The Labute approximate surface area is 133 Å². The van der Waals surface area contributed by atoms with E-state index < -0.39 is 0 Å². The Bertz CT molecular complexity index is 676. The second-order valence-electron chi connectivity index (χ2n) is 6.13. The molecule has 120 valence electrons. The van der Waals surface area contributed by atoms with Gasteiger partial charge in [-0.05, 0) is 18.6 Å². The van der Waals surface area contributed by atoms with Crippen LogP contribution in [0.25, 0.3) is 0 Å². The summed E-state index contributed by atoms with van der Waals surface area (Å²) in [6.45, 7) is 1.91. The van der Waals surface area contributed by atoms with Gasteiger partial charge in [-0.2, -0.15) is 0 Å². The Morgan fingerprint density at radius 2 is 2.35 bits per heavy atom. The number of anilines is 1. The zero-order valence-corrected chi connectivity index (χ0v) is 12.6. The predicted molar refractivity (Wildman–Crippen MR) is 82.0 cm³/mol. The number of ether oxygens (including phenoxy) is 1. The Morgan fingerprint density at radius 3 is 3.13 bits per heavy atom. The van der Waals surface area contributed by atoms with Crippen LogP contribution in [0.4, 0.5) is 5.69 Å². The highest BCUT2D eigenvalue weighted by molar-refractivity contribution is 5.91. The van der Waals surface area contributed by atoms with Crippen LogP contribution in [0, 0.1) is 0 Å². The lowest BCUT2D eigenvalue weighted by atomic mass is 9.97. The van der Waals surface area contributed by atoms with E-state index in [1.807, 2.05) is 12.1 Å². The molecule has 2 atom stereocenters. The number of hydrogen-bond acceptors (Lipinski definition) is 6. The molecule has 7 heteroatoms. The standard InChI is InChI=1S/C16H18N4O3/c21-15(14-3-6-18-23-14)20-7-4-16(11-20)8-13(10-22-16)19-12-2-1-5-17-9-12/h1-3,5-6,9,13,19H,4,7-8,10-11H2/t13-,16-/m0/s1. The molecule has 2 fully saturated rings. The molecule has 0 aromatic carbocycles. The molecular formula is C16H18N4O3. The molecule has 1 amide bonds. The van der Waals surface area contributed by atoms with Crippen LogP contribution in [0.2, 0.25) is 0 Å². The maximum Gasteiger partial charge on any atom is 0.292 e. The first-order chi connectivity index (χ1) is 11.2. The normalized spacial score (nSPS) is 26.8. The highest BCUT2D eigenvalue weighted by Gasteiger charge is 2.47. The van der Waals surface area contributed by atoms with Crippen LogP contribution >= 0.6 is 0 Å². The molecular weight excluding hydrogens is 296 g/mol. The van der Waals surface area contributed by atoms with E-state index in [1.165, 1.54) is 6.20 Å². The fraction of sp³-hybridized carbons (Fsp3) is 0.438. The predicted octanol–water partition coefficient (Wildman–Crippen LogP) is 1.56. The Balaban J connectivity index is 1.38. The van der Waals surface area contributed by atoms with Crippen LogP contribution < -0.4 is 5.32 Å². The number of pyridine rings is 1. The molecule has 4 rings (SSSR count). The summed E-state index contributed by atoms with van der Waals surface area (Å²) in [5, 5.41) is 7.04. The number of carbonyl (C=O) groups is 1. The van der Waals surface area contributed by atoms with E-state index in [0.29, 0.717) is 19.7 Å². The summed E-state index contributed by atoms with van der Waals surface area (Å²) in [6, 6.07) is 5.73. The Morgan fingerprint density at radius 1 is 1.39 bits per heavy atom. The van der Waals surface area contributed by atoms with Gasteiger partial charge in [-0.3, -0.25) is 9.78 Å². The minimum absolute atomic E-state index is 0.119. The number of aromatic nitrogens is 2. The van der Waals surface area contributed by atoms with Crippen LogP contribution in [0.3, 0.4) is 0 Å². The summed E-state index contributed by atoms with van der Waals surface area (Å²) < 4.78 is 11.0. The van der Waals surface area contributed by atoms with Gasteiger partial charge in [-0.1, -0.05) is 5.16 Å². The third-order valence-corrected chi connectivity index (χ3v) is 4.49. The van der Waals surface area contributed by atoms with Gasteiger partial charge in [0.1, 0.15) is 0 Å². The van der Waals surface area contributed by atoms with E-state index in [-0.39, 0.29) is 23.3 Å². The summed E-state index contributed by atoms with van der Waals surface area (Å²) in [5.74, 6) is 0.164. The van der Waals surface area contributed by atoms with E-state index in [9.17, 15) is 4.79 Å². The van der Waals surface area contributed by atoms with Crippen molar-refractivity contribution in [3.8, 4) is 0 Å². The number of hydrogen-bond donors (Lipinski definition) is 1. The largest absolute Gasteiger partial charge is 0.379 e. The monoisotopic (exact) mass is 314 g/mol. The van der Waals surface area contributed by atoms with Crippen molar-refractivity contribution in [1.82, 2.24) is 15.0 Å². The maximum atomic E-state index is 12.3. The molecule has 23 heavy (non-hydrogen) atoms. The van der Waals surface area contributed by atoms with Gasteiger partial charge in [-0.15, -0.1) is 0 Å². The molecule has 0 saturated carbocycles. The van der Waals surface area contributed by atoms with Gasteiger partial charge >= 0.3 is 0 Å². The van der Waals surface area contributed by atoms with Gasteiger partial charge in [0, 0.05) is 31.4 Å². The summed E-state index contributed by atoms with van der Waals surface area (Å²) >= 11 is 0. The van der Waals surface area contributed by atoms with Crippen molar-refractivity contribution >= 4 is 11.6 Å². The second kappa shape index (κ2) is 5.66. The Hall–Kier alpha value is -2.41. The quantitative estimate of drug-likeness (QED) is 0.926. The average molecular weight is 314 g/mol. The van der Waals surface area contributed by atoms with Crippen molar-refractivity contribution in [3.63, 3.8) is 0 Å². The number of amides is 1. The van der Waals surface area contributed by atoms with Crippen molar-refractivity contribution in [3.05, 3.63) is 42.5 Å². The zero-order valence-electron chi connectivity index (χ0n) is 12.6. The van der Waals surface area contributed by atoms with Crippen LogP contribution in [0.15, 0.2) is 41.3 Å². The summed E-state index contributed by atoms with van der Waals surface area (Å²) in [7, 11) is 0. The minimum Gasteiger partial charge on any atom is -0.379 e. The van der Waals surface area contributed by atoms with E-state index in [4.69, 9.17) is 9.26 Å². The minimum atomic E-state index is -0.254. The van der Waals surface area contributed by atoms with Gasteiger partial charge in [0.25, 0.3) is 5.91 Å². The van der Waals surface area contributed by atoms with Crippen molar-refractivity contribution in [1.29, 1.82) is 0 Å². The summed E-state index contributed by atoms with van der Waals surface area (Å²) in [6.07, 6.45) is 6.76. The average Bonchev–Trinajstić information content (AvgIpc) is 3.31. The fourth-order valence-electron chi connectivity index (χ4n) is 3.41. The molecule has 0 aliphatic carbocycles. The molecule has 1 N–H and O–H groups in total. The zero-order chi connectivity index (χ0) is 15.7. The van der Waals surface area contributed by atoms with Crippen LogP contribution in [0.1, 0.15) is 23.4 Å². The molecule has 0 bridgehead atoms. The first-order valence-corrected chi connectivity index (χ1v) is 7.75. The van der Waals surface area contributed by atoms with Crippen molar-refractivity contribution < 1.29 is 14.1 Å². The molecule has 0 radical (unpaired) electrons. The molecule has 2 saturated heterocycles. The third kappa shape index (κ3) is 2.79. The lowest BCUT2D eigenvalue weighted by Gasteiger charge is -2.23. The van der Waals surface area contributed by atoms with E-state index in [2.05, 4.69) is 15.5 Å². The molecule has 4 heterocycles. The molecule has 2 aromatic heterocycles. The van der Waals surface area contributed by atoms with E-state index >= 15 is 0 Å². The van der Waals surface area contributed by atoms with Gasteiger partial charge in [0.15, 0.2) is 0 Å². The molecule has 0 unspecified atom stereocenters. The second-order valence-corrected chi connectivity index (χ2v) is 6.13. The lowest BCUT2D eigenvalue weighted by Crippen LogP contribution is -2.36. The highest BCUT2D eigenvalue weighted by atomic mass is 16.5. The summed E-state index contributed by atoms with van der Waals surface area (Å²) in [5.41, 5.74) is 0.737. The van der Waals surface area contributed by atoms with Gasteiger partial charge in [0.05, 0.1) is 36.7 Å². The first kappa shape index (κ1) is 14.2. The smallest absolute Gasteiger partial charge is 0.292 e. The van der Waals surface area contributed by atoms with Crippen LogP contribution in [0.5, 0.6) is 0 Å². The van der Waals surface area contributed by atoms with E-state index in [1.54, 1.807) is 23.4 Å². The fourth-order valence-corrected chi connectivity index (χ4v) is 3.41. The summed E-state index contributed by atoms with van der Waals surface area (Å²) in [4.78, 5) is 18.2. The molecule has 7 nitrogen and oxygen atoms in total. The first-order valence-electron chi connectivity index (χ1n) is 7.75. The number of rotatable bonds is 3. The van der Waals surface area contributed by atoms with Crippen LogP contribution in [-0.2, 0) is 4.74 Å². The lowest BCUT2D eigenvalue weighted by molar-refractivity contribution is 0.0120. The van der Waals surface area contributed by atoms with Crippen molar-refractivity contribution in [2.24, 2.45) is 0 Å². The van der Waals surface area contributed by atoms with Gasteiger partial charge < -0.3 is 19.5 Å². The van der Waals surface area contributed by atoms with Crippen LogP contribution in [-0.4, -0.2) is 52.3 Å². The highest BCUT2D eigenvalue weighted by Crippen LogP contribution is 2.36. The van der Waals surface area contributed by atoms with Gasteiger partial charge in [0.2, 0.25) is 5.76 Å². The van der Waals surface area contributed by atoms with E-state index in [0.717, 1.165) is 18.5 Å². The molecule has 1 spiro atoms. The SMILES string of the molecule is O=C(c1ccno1)N1CC[C@]2(C[C@H](Nc3cccnc3)CO2)C1. The van der Waals surface area contributed by atoms with Crippen molar-refractivity contribution in [2.75, 3.05) is 25.0 Å². The van der Waals surface area contributed by atoms with Gasteiger partial charge in [-0.25, -0.2) is 0 Å². The molecule has 2 aliphatic rings. The number of likely N-dealkylation sites (tertiary alicyclic amines) is 1.